The van der Waals surface area contributed by atoms with Crippen LogP contribution in [0.4, 0.5) is 5.82 Å². The standard InChI is InChI=1S/C16H15N3O3/c20-16(13-9-21-11-3-1-2-4-12(11)22-13)19-15-14(10-5-6-10)17-7-8-18-15/h1-4,7-8,10,13H,5-6,9H2,(H,18,19,20). The second-order valence-electron chi connectivity index (χ2n) is 5.42. The van der Waals surface area contributed by atoms with Gasteiger partial charge in [-0.1, -0.05) is 12.1 Å². The Morgan fingerprint density at radius 1 is 1.14 bits per heavy atom. The first kappa shape index (κ1) is 13.1. The number of anilines is 1. The van der Waals surface area contributed by atoms with Crippen molar-refractivity contribution in [2.45, 2.75) is 24.9 Å². The van der Waals surface area contributed by atoms with Crippen LogP contribution in [0.15, 0.2) is 36.7 Å². The highest BCUT2D eigenvalue weighted by atomic mass is 16.6. The van der Waals surface area contributed by atoms with Crippen molar-refractivity contribution in [2.75, 3.05) is 11.9 Å². The molecule has 6 heteroatoms. The lowest BCUT2D eigenvalue weighted by Crippen LogP contribution is -2.40. The summed E-state index contributed by atoms with van der Waals surface area (Å²) in [4.78, 5) is 20.9. The van der Waals surface area contributed by atoms with Gasteiger partial charge in [-0.05, 0) is 25.0 Å². The molecule has 4 rings (SSSR count). The molecule has 2 aromatic rings. The highest BCUT2D eigenvalue weighted by molar-refractivity contribution is 5.94. The topological polar surface area (TPSA) is 73.3 Å². The molecule has 6 nitrogen and oxygen atoms in total. The number of nitrogens with one attached hydrogen (secondary N) is 1. The van der Waals surface area contributed by atoms with Crippen LogP contribution in [-0.2, 0) is 4.79 Å². The predicted octanol–water partition coefficient (Wildman–Crippen LogP) is 2.13. The van der Waals surface area contributed by atoms with Crippen LogP contribution in [0.1, 0.15) is 24.5 Å². The van der Waals surface area contributed by atoms with Crippen molar-refractivity contribution < 1.29 is 14.3 Å². The van der Waals surface area contributed by atoms with Gasteiger partial charge in [-0.2, -0.15) is 0 Å². The molecule has 1 N–H and O–H groups in total. The molecular weight excluding hydrogens is 282 g/mol. The Morgan fingerprint density at radius 3 is 2.73 bits per heavy atom. The van der Waals surface area contributed by atoms with Crippen LogP contribution in [0.5, 0.6) is 11.5 Å². The molecule has 0 saturated heterocycles. The van der Waals surface area contributed by atoms with Crippen LogP contribution in [0, 0.1) is 0 Å². The fourth-order valence-electron chi connectivity index (χ4n) is 2.45. The molecule has 1 unspecified atom stereocenters. The molecule has 1 aliphatic heterocycles. The number of carbonyl (C=O) groups is 1. The number of amides is 1. The molecule has 1 atom stereocenters. The van der Waals surface area contributed by atoms with E-state index in [4.69, 9.17) is 9.47 Å². The van der Waals surface area contributed by atoms with Crippen LogP contribution in [0.25, 0.3) is 0 Å². The molecule has 1 aromatic heterocycles. The summed E-state index contributed by atoms with van der Waals surface area (Å²) in [6.07, 6.45) is 4.73. The maximum atomic E-state index is 12.4. The molecular formula is C16H15N3O3. The van der Waals surface area contributed by atoms with E-state index in [2.05, 4.69) is 15.3 Å². The third-order valence-electron chi connectivity index (χ3n) is 3.73. The third-order valence-corrected chi connectivity index (χ3v) is 3.73. The second-order valence-corrected chi connectivity index (χ2v) is 5.42. The van der Waals surface area contributed by atoms with Gasteiger partial charge in [0.05, 0.1) is 5.69 Å². The Balaban J connectivity index is 1.49. The van der Waals surface area contributed by atoms with Gasteiger partial charge in [0.15, 0.2) is 17.3 Å². The van der Waals surface area contributed by atoms with Crippen molar-refractivity contribution in [1.29, 1.82) is 0 Å². The summed E-state index contributed by atoms with van der Waals surface area (Å²) in [5.41, 5.74) is 0.855. The predicted molar refractivity (Wildman–Crippen MR) is 79.0 cm³/mol. The molecule has 0 bridgehead atoms. The molecule has 2 aliphatic rings. The zero-order valence-electron chi connectivity index (χ0n) is 11.9. The van der Waals surface area contributed by atoms with Crippen LogP contribution in [-0.4, -0.2) is 28.6 Å². The molecule has 0 radical (unpaired) electrons. The Kier molecular flexibility index (Phi) is 3.14. The van der Waals surface area contributed by atoms with Gasteiger partial charge in [-0.15, -0.1) is 0 Å². The van der Waals surface area contributed by atoms with Gasteiger partial charge >= 0.3 is 0 Å². The van der Waals surface area contributed by atoms with Crippen LogP contribution in [0.2, 0.25) is 0 Å². The summed E-state index contributed by atoms with van der Waals surface area (Å²) < 4.78 is 11.3. The van der Waals surface area contributed by atoms with Crippen molar-refractivity contribution in [3.8, 4) is 11.5 Å². The third kappa shape index (κ3) is 2.47. The van der Waals surface area contributed by atoms with Crippen molar-refractivity contribution >= 4 is 11.7 Å². The van der Waals surface area contributed by atoms with Crippen LogP contribution < -0.4 is 14.8 Å². The molecule has 112 valence electrons. The minimum Gasteiger partial charge on any atom is -0.485 e. The number of ether oxygens (including phenoxy) is 2. The minimum absolute atomic E-state index is 0.182. The van der Waals surface area contributed by atoms with Gasteiger partial charge in [0.2, 0.25) is 6.10 Å². The first-order valence-electron chi connectivity index (χ1n) is 7.31. The van der Waals surface area contributed by atoms with Gasteiger partial charge in [-0.25, -0.2) is 4.98 Å². The van der Waals surface area contributed by atoms with E-state index in [9.17, 15) is 4.79 Å². The molecule has 1 saturated carbocycles. The van der Waals surface area contributed by atoms with Gasteiger partial charge < -0.3 is 14.8 Å². The Morgan fingerprint density at radius 2 is 1.91 bits per heavy atom. The van der Waals surface area contributed by atoms with Gasteiger partial charge in [-0.3, -0.25) is 9.78 Å². The molecule has 1 aromatic carbocycles. The molecule has 0 spiro atoms. The van der Waals surface area contributed by atoms with E-state index in [-0.39, 0.29) is 12.5 Å². The molecule has 1 aliphatic carbocycles. The summed E-state index contributed by atoms with van der Waals surface area (Å²) >= 11 is 0. The Labute approximate surface area is 127 Å². The van der Waals surface area contributed by atoms with E-state index in [1.807, 2.05) is 18.2 Å². The smallest absolute Gasteiger partial charge is 0.270 e. The highest BCUT2D eigenvalue weighted by Crippen LogP contribution is 2.41. The minimum atomic E-state index is -0.691. The number of nitrogens with zero attached hydrogens (tertiary/aromatic N) is 2. The van der Waals surface area contributed by atoms with Crippen molar-refractivity contribution in [1.82, 2.24) is 9.97 Å². The highest BCUT2D eigenvalue weighted by Gasteiger charge is 2.31. The summed E-state index contributed by atoms with van der Waals surface area (Å²) in [5.74, 6) is 1.91. The molecule has 2 heterocycles. The van der Waals surface area contributed by atoms with E-state index in [0.717, 1.165) is 18.5 Å². The van der Waals surface area contributed by atoms with E-state index in [1.165, 1.54) is 0 Å². The number of aromatic nitrogens is 2. The van der Waals surface area contributed by atoms with Crippen molar-refractivity contribution in [3.05, 3.63) is 42.4 Å². The Hall–Kier alpha value is -2.63. The number of benzene rings is 1. The van der Waals surface area contributed by atoms with E-state index < -0.39 is 6.10 Å². The lowest BCUT2D eigenvalue weighted by Gasteiger charge is -2.25. The second kappa shape index (κ2) is 5.29. The normalized spacial score (nSPS) is 19.5. The fourth-order valence-corrected chi connectivity index (χ4v) is 2.45. The van der Waals surface area contributed by atoms with E-state index in [1.54, 1.807) is 18.5 Å². The Bertz CT molecular complexity index is 715. The lowest BCUT2D eigenvalue weighted by atomic mass is 10.2. The lowest BCUT2D eigenvalue weighted by molar-refractivity contribution is -0.125. The first-order chi connectivity index (χ1) is 10.8. The van der Waals surface area contributed by atoms with Crippen molar-refractivity contribution in [2.24, 2.45) is 0 Å². The SMILES string of the molecule is O=C(Nc1nccnc1C1CC1)C1COc2ccccc2O1. The zero-order chi connectivity index (χ0) is 14.9. The summed E-state index contributed by atoms with van der Waals surface area (Å²) in [6, 6.07) is 7.31. The van der Waals surface area contributed by atoms with E-state index >= 15 is 0 Å². The summed E-state index contributed by atoms with van der Waals surface area (Å²) in [7, 11) is 0. The quantitative estimate of drug-likeness (QED) is 0.939. The number of carbonyl (C=O) groups excluding carboxylic acids is 1. The van der Waals surface area contributed by atoms with Crippen LogP contribution in [0.3, 0.4) is 0 Å². The number of hydrogen-bond acceptors (Lipinski definition) is 5. The molecule has 22 heavy (non-hydrogen) atoms. The monoisotopic (exact) mass is 297 g/mol. The zero-order valence-corrected chi connectivity index (χ0v) is 11.9. The maximum Gasteiger partial charge on any atom is 0.270 e. The van der Waals surface area contributed by atoms with Gasteiger partial charge in [0.1, 0.15) is 6.61 Å². The summed E-state index contributed by atoms with van der Waals surface area (Å²) in [5, 5.41) is 2.81. The summed E-state index contributed by atoms with van der Waals surface area (Å²) in [6.45, 7) is 0.182. The largest absolute Gasteiger partial charge is 0.485 e. The van der Waals surface area contributed by atoms with Gasteiger partial charge in [0, 0.05) is 18.3 Å². The number of hydrogen-bond donors (Lipinski definition) is 1. The average Bonchev–Trinajstić information content (AvgIpc) is 3.40. The van der Waals surface area contributed by atoms with Gasteiger partial charge in [0.25, 0.3) is 5.91 Å². The molecule has 1 fully saturated rings. The fraction of sp³-hybridized carbons (Fsp3) is 0.312. The number of fused-ring (bicyclic) bond motifs is 1. The van der Waals surface area contributed by atoms with E-state index in [0.29, 0.717) is 23.2 Å². The van der Waals surface area contributed by atoms with Crippen molar-refractivity contribution in [3.63, 3.8) is 0 Å². The number of rotatable bonds is 3. The maximum absolute atomic E-state index is 12.4. The van der Waals surface area contributed by atoms with Crippen LogP contribution >= 0.6 is 0 Å². The average molecular weight is 297 g/mol. The first-order valence-corrected chi connectivity index (χ1v) is 7.31. The number of para-hydroxylation sites is 2. The molecule has 1 amide bonds.